The Kier molecular flexibility index (Phi) is 5.57. The van der Waals surface area contributed by atoms with Gasteiger partial charge in [-0.25, -0.2) is 4.98 Å². The number of oxazole rings is 1. The summed E-state index contributed by atoms with van der Waals surface area (Å²) >= 11 is 0. The van der Waals surface area contributed by atoms with Crippen molar-refractivity contribution in [2.45, 2.75) is 63.5 Å². The standard InChI is InChI=1S/C21H23N3O3S.C2H6/c1-12-3-4-16-15(7-12)24-20(27-16)13-8-21(9-13)10-14(11-21)23-19(25)17-5-6-18(26-17)28(2)22;1-2/h3-7,13-14,22H,8-11H2,1-2H3,(H,23,25);1-2H3. The number of hydrogen-bond acceptors (Lipinski definition) is 5. The van der Waals surface area contributed by atoms with E-state index in [0.717, 1.165) is 42.7 Å². The molecule has 2 N–H and O–H groups in total. The largest absolute Gasteiger partial charge is 0.444 e. The molecule has 1 unspecified atom stereocenters. The van der Waals surface area contributed by atoms with E-state index in [-0.39, 0.29) is 11.9 Å². The molecule has 1 spiro atoms. The van der Waals surface area contributed by atoms with E-state index in [0.29, 0.717) is 22.2 Å². The molecule has 6 nitrogen and oxygen atoms in total. The summed E-state index contributed by atoms with van der Waals surface area (Å²) in [6.07, 6.45) is 5.90. The summed E-state index contributed by atoms with van der Waals surface area (Å²) in [4.78, 5) is 17.0. The number of aryl methyl sites for hydroxylation is 1. The second kappa shape index (κ2) is 8.02. The van der Waals surface area contributed by atoms with Crippen molar-refractivity contribution in [1.29, 1.82) is 4.78 Å². The molecule has 0 bridgehead atoms. The Morgan fingerprint density at radius 3 is 2.57 bits per heavy atom. The first-order valence-corrected chi connectivity index (χ1v) is 12.2. The number of carbonyl (C=O) groups is 1. The van der Waals surface area contributed by atoms with Crippen LogP contribution >= 0.6 is 0 Å². The van der Waals surface area contributed by atoms with Crippen molar-refractivity contribution in [2.24, 2.45) is 5.41 Å². The average Bonchev–Trinajstić information content (AvgIpc) is 3.30. The van der Waals surface area contributed by atoms with Crippen LogP contribution in [-0.2, 0) is 10.7 Å². The number of nitrogens with one attached hydrogen (secondary N) is 2. The van der Waals surface area contributed by atoms with E-state index in [9.17, 15) is 4.79 Å². The first-order valence-electron chi connectivity index (χ1n) is 10.6. The number of nitrogens with zero attached hydrogens (tertiary/aromatic N) is 1. The fraction of sp³-hybridized carbons (Fsp3) is 0.478. The Balaban J connectivity index is 0.00000106. The molecule has 2 aliphatic rings. The van der Waals surface area contributed by atoms with Gasteiger partial charge in [-0.2, -0.15) is 0 Å². The van der Waals surface area contributed by atoms with Gasteiger partial charge >= 0.3 is 0 Å². The van der Waals surface area contributed by atoms with Crippen molar-refractivity contribution in [2.75, 3.05) is 6.26 Å². The molecule has 2 aliphatic carbocycles. The molecule has 0 radical (unpaired) electrons. The predicted octanol–water partition coefficient (Wildman–Crippen LogP) is 5.58. The van der Waals surface area contributed by atoms with Crippen LogP contribution in [0.15, 0.2) is 44.3 Å². The molecule has 5 rings (SSSR count). The Hall–Kier alpha value is -2.41. The Morgan fingerprint density at radius 1 is 1.17 bits per heavy atom. The molecule has 2 heterocycles. The lowest BCUT2D eigenvalue weighted by atomic mass is 9.50. The number of carbonyl (C=O) groups excluding carboxylic acids is 1. The van der Waals surface area contributed by atoms with Crippen molar-refractivity contribution in [3.63, 3.8) is 0 Å². The van der Waals surface area contributed by atoms with Crippen LogP contribution in [0.1, 0.15) is 67.5 Å². The molecule has 1 aromatic carbocycles. The third-order valence-corrected chi connectivity index (χ3v) is 6.89. The summed E-state index contributed by atoms with van der Waals surface area (Å²) in [5.74, 6) is 1.36. The molecule has 2 fully saturated rings. The fourth-order valence-corrected chi connectivity index (χ4v) is 5.16. The zero-order chi connectivity index (χ0) is 21.5. The van der Waals surface area contributed by atoms with Crippen molar-refractivity contribution < 1.29 is 13.6 Å². The minimum Gasteiger partial charge on any atom is -0.444 e. The van der Waals surface area contributed by atoms with E-state index in [1.54, 1.807) is 18.4 Å². The van der Waals surface area contributed by atoms with Gasteiger partial charge in [-0.1, -0.05) is 19.9 Å². The summed E-state index contributed by atoms with van der Waals surface area (Å²) in [7, 11) is -0.721. The smallest absolute Gasteiger partial charge is 0.287 e. The number of furan rings is 1. The predicted molar refractivity (Wildman–Crippen MR) is 118 cm³/mol. The van der Waals surface area contributed by atoms with Crippen LogP contribution < -0.4 is 5.32 Å². The summed E-state index contributed by atoms with van der Waals surface area (Å²) in [5, 5.41) is 3.61. The molecule has 3 aromatic rings. The number of aromatic nitrogens is 1. The van der Waals surface area contributed by atoms with E-state index < -0.39 is 10.7 Å². The van der Waals surface area contributed by atoms with Gasteiger partial charge < -0.3 is 14.2 Å². The maximum Gasteiger partial charge on any atom is 0.287 e. The van der Waals surface area contributed by atoms with Crippen molar-refractivity contribution in [1.82, 2.24) is 10.3 Å². The molecule has 1 amide bonds. The molecular weight excluding hydrogens is 398 g/mol. The molecule has 1 atom stereocenters. The van der Waals surface area contributed by atoms with Gasteiger partial charge in [0.05, 0.1) is 0 Å². The van der Waals surface area contributed by atoms with Gasteiger partial charge in [0.15, 0.2) is 22.3 Å². The second-order valence-corrected chi connectivity index (χ2v) is 9.76. The zero-order valence-electron chi connectivity index (χ0n) is 18.0. The molecule has 160 valence electrons. The highest BCUT2D eigenvalue weighted by atomic mass is 32.2. The van der Waals surface area contributed by atoms with Crippen LogP contribution in [0.25, 0.3) is 11.1 Å². The highest BCUT2D eigenvalue weighted by molar-refractivity contribution is 7.85. The van der Waals surface area contributed by atoms with Gasteiger partial charge in [-0.15, -0.1) is 0 Å². The summed E-state index contributed by atoms with van der Waals surface area (Å²) in [6.45, 7) is 6.06. The molecule has 7 heteroatoms. The van der Waals surface area contributed by atoms with Crippen molar-refractivity contribution >= 4 is 27.7 Å². The summed E-state index contributed by atoms with van der Waals surface area (Å²) in [6, 6.07) is 9.67. The average molecular weight is 428 g/mol. The molecular formula is C23H29N3O3S. The maximum atomic E-state index is 12.3. The van der Waals surface area contributed by atoms with Crippen LogP contribution in [0.3, 0.4) is 0 Å². The lowest BCUT2D eigenvalue weighted by Gasteiger charge is -2.57. The van der Waals surface area contributed by atoms with E-state index in [1.165, 1.54) is 5.56 Å². The van der Waals surface area contributed by atoms with Crippen LogP contribution in [0.5, 0.6) is 0 Å². The van der Waals surface area contributed by atoms with Crippen molar-refractivity contribution in [3.8, 4) is 0 Å². The summed E-state index contributed by atoms with van der Waals surface area (Å²) < 4.78 is 19.1. The van der Waals surface area contributed by atoms with E-state index in [1.807, 2.05) is 26.0 Å². The number of amides is 1. The van der Waals surface area contributed by atoms with Crippen LogP contribution in [0.4, 0.5) is 0 Å². The number of benzene rings is 1. The fourth-order valence-electron chi connectivity index (χ4n) is 4.67. The normalized spacial score (nSPS) is 25.7. The Bertz CT molecular complexity index is 1090. The number of fused-ring (bicyclic) bond motifs is 1. The molecule has 2 saturated carbocycles. The monoisotopic (exact) mass is 427 g/mol. The minimum atomic E-state index is -0.721. The maximum absolute atomic E-state index is 12.3. The van der Waals surface area contributed by atoms with Gasteiger partial charge in [-0.3, -0.25) is 9.57 Å². The lowest BCUT2D eigenvalue weighted by Crippen LogP contribution is -2.55. The number of hydrogen-bond donors (Lipinski definition) is 2. The van der Waals surface area contributed by atoms with E-state index in [4.69, 9.17) is 13.6 Å². The topological polar surface area (TPSA) is 92.1 Å². The van der Waals surface area contributed by atoms with Crippen LogP contribution in [0, 0.1) is 17.1 Å². The lowest BCUT2D eigenvalue weighted by molar-refractivity contribution is -0.0256. The Labute approximate surface area is 179 Å². The third kappa shape index (κ3) is 3.83. The molecule has 0 aliphatic heterocycles. The quantitative estimate of drug-likeness (QED) is 0.568. The van der Waals surface area contributed by atoms with Crippen molar-refractivity contribution in [3.05, 3.63) is 47.5 Å². The second-order valence-electron chi connectivity index (χ2n) is 8.34. The molecule has 2 aromatic heterocycles. The van der Waals surface area contributed by atoms with Gasteiger partial charge in [0.25, 0.3) is 5.91 Å². The Morgan fingerprint density at radius 2 is 1.90 bits per heavy atom. The van der Waals surface area contributed by atoms with E-state index in [2.05, 4.69) is 23.3 Å². The summed E-state index contributed by atoms with van der Waals surface area (Å²) in [5.41, 5.74) is 3.32. The first kappa shape index (κ1) is 20.8. The third-order valence-electron chi connectivity index (χ3n) is 6.07. The highest BCUT2D eigenvalue weighted by Gasteiger charge is 2.54. The zero-order valence-corrected chi connectivity index (χ0v) is 18.8. The highest BCUT2D eigenvalue weighted by Crippen LogP contribution is 2.61. The minimum absolute atomic E-state index is 0.179. The SMILES string of the molecule is CC.Cc1ccc2oc(C3CC4(CC(NC(=O)c5ccc(S(C)=N)o5)C4)C3)nc2c1. The van der Waals surface area contributed by atoms with Gasteiger partial charge in [0, 0.05) is 12.0 Å². The van der Waals surface area contributed by atoms with Crippen LogP contribution in [-0.4, -0.2) is 23.2 Å². The van der Waals surface area contributed by atoms with E-state index >= 15 is 0 Å². The number of rotatable bonds is 4. The molecule has 30 heavy (non-hydrogen) atoms. The van der Waals surface area contributed by atoms with Gasteiger partial charge in [-0.05, 0) is 84.8 Å². The van der Waals surface area contributed by atoms with Crippen LogP contribution in [0.2, 0.25) is 0 Å². The van der Waals surface area contributed by atoms with Gasteiger partial charge in [0.1, 0.15) is 5.52 Å². The molecule has 0 saturated heterocycles. The van der Waals surface area contributed by atoms with Gasteiger partial charge in [0.2, 0.25) is 0 Å². The first-order chi connectivity index (χ1) is 14.4.